The van der Waals surface area contributed by atoms with Crippen molar-refractivity contribution in [3.05, 3.63) is 47.7 Å². The number of aromatic nitrogens is 4. The van der Waals surface area contributed by atoms with Gasteiger partial charge in [0, 0.05) is 18.5 Å². The lowest BCUT2D eigenvalue weighted by Crippen LogP contribution is -2.24. The molecule has 9 nitrogen and oxygen atoms in total. The number of nitrogen functional groups attached to an aromatic ring is 1. The van der Waals surface area contributed by atoms with Crippen LogP contribution in [0.25, 0.3) is 22.1 Å². The maximum atomic E-state index is 11.9. The molecule has 0 aliphatic heterocycles. The van der Waals surface area contributed by atoms with Gasteiger partial charge in [0.25, 0.3) is 0 Å². The van der Waals surface area contributed by atoms with Crippen LogP contribution >= 0.6 is 11.6 Å². The Labute approximate surface area is 170 Å². The lowest BCUT2D eigenvalue weighted by molar-refractivity contribution is 0.143. The van der Waals surface area contributed by atoms with E-state index in [2.05, 4.69) is 20.3 Å². The van der Waals surface area contributed by atoms with Gasteiger partial charge in [-0.15, -0.1) is 0 Å². The van der Waals surface area contributed by atoms with Crippen molar-refractivity contribution in [1.82, 2.24) is 24.8 Å². The number of carbonyl (C=O) groups is 1. The largest absolute Gasteiger partial charge is 0.464 e. The maximum Gasteiger partial charge on any atom is 0.407 e. The molecule has 0 fully saturated rings. The number of aryl methyl sites for hydroxylation is 1. The Bertz CT molecular complexity index is 1160. The molecular formula is C19H19ClN6O3. The highest BCUT2D eigenvalue weighted by Gasteiger charge is 2.10. The Balaban J connectivity index is 1.19. The molecular weight excluding hydrogens is 396 g/mol. The number of anilines is 1. The van der Waals surface area contributed by atoms with E-state index in [9.17, 15) is 4.79 Å². The number of hydrogen-bond acceptors (Lipinski definition) is 7. The monoisotopic (exact) mass is 414 g/mol. The lowest BCUT2D eigenvalue weighted by atomic mass is 10.1. The predicted octanol–water partition coefficient (Wildman–Crippen LogP) is 3.51. The Morgan fingerprint density at radius 2 is 2.17 bits per heavy atom. The number of benzene rings is 1. The van der Waals surface area contributed by atoms with Crippen LogP contribution in [0.1, 0.15) is 18.4 Å². The number of ether oxygens (including phenoxy) is 1. The second-order valence-electron chi connectivity index (χ2n) is 6.48. The van der Waals surface area contributed by atoms with Crippen LogP contribution in [0.2, 0.25) is 5.28 Å². The van der Waals surface area contributed by atoms with Crippen molar-refractivity contribution in [2.45, 2.75) is 25.9 Å². The van der Waals surface area contributed by atoms with Gasteiger partial charge in [0.1, 0.15) is 11.1 Å². The molecule has 0 saturated heterocycles. The molecule has 150 valence electrons. The van der Waals surface area contributed by atoms with E-state index in [4.69, 9.17) is 26.5 Å². The van der Waals surface area contributed by atoms with Crippen LogP contribution < -0.4 is 11.1 Å². The third-order valence-corrected chi connectivity index (χ3v) is 4.61. The van der Waals surface area contributed by atoms with E-state index in [1.165, 1.54) is 0 Å². The highest BCUT2D eigenvalue weighted by atomic mass is 35.5. The van der Waals surface area contributed by atoms with Crippen molar-refractivity contribution >= 4 is 45.6 Å². The molecule has 29 heavy (non-hydrogen) atoms. The van der Waals surface area contributed by atoms with E-state index >= 15 is 0 Å². The molecule has 0 saturated carbocycles. The number of halogens is 1. The van der Waals surface area contributed by atoms with Gasteiger partial charge >= 0.3 is 6.09 Å². The molecule has 0 atom stereocenters. The summed E-state index contributed by atoms with van der Waals surface area (Å²) in [4.78, 5) is 24.1. The number of alkyl carbamates (subject to hydrolysis) is 1. The minimum absolute atomic E-state index is 0.0867. The van der Waals surface area contributed by atoms with Gasteiger partial charge in [-0.25, -0.2) is 9.78 Å². The summed E-state index contributed by atoms with van der Waals surface area (Å²) in [7, 11) is 0. The third-order valence-electron chi connectivity index (χ3n) is 4.44. The molecule has 0 radical (unpaired) electrons. The van der Waals surface area contributed by atoms with Crippen LogP contribution in [0.4, 0.5) is 10.6 Å². The number of unbranched alkanes of at least 4 members (excludes halogenated alkanes) is 1. The zero-order valence-corrected chi connectivity index (χ0v) is 16.2. The third kappa shape index (κ3) is 4.40. The molecule has 1 aromatic carbocycles. The quantitative estimate of drug-likeness (QED) is 0.350. The van der Waals surface area contributed by atoms with E-state index in [0.29, 0.717) is 37.3 Å². The topological polar surface area (TPSA) is 121 Å². The zero-order chi connectivity index (χ0) is 20.2. The molecule has 4 rings (SSSR count). The van der Waals surface area contributed by atoms with Crippen LogP contribution in [-0.2, 0) is 17.8 Å². The van der Waals surface area contributed by atoms with Gasteiger partial charge in [-0.3, -0.25) is 0 Å². The van der Waals surface area contributed by atoms with E-state index in [1.807, 2.05) is 28.8 Å². The molecule has 3 aromatic heterocycles. The first-order valence-electron chi connectivity index (χ1n) is 9.11. The molecule has 3 heterocycles. The smallest absolute Gasteiger partial charge is 0.407 e. The van der Waals surface area contributed by atoms with Gasteiger partial charge in [-0.1, -0.05) is 6.07 Å². The minimum Gasteiger partial charge on any atom is -0.464 e. The summed E-state index contributed by atoms with van der Waals surface area (Å²) < 4.78 is 12.4. The number of hydrogen-bond donors (Lipinski definition) is 2. The highest BCUT2D eigenvalue weighted by molar-refractivity contribution is 6.28. The summed E-state index contributed by atoms with van der Waals surface area (Å²) >= 11 is 5.86. The standard InChI is InChI=1S/C19H19ClN6O3/c20-18-24-16(21)15-17(25-18)26(11-23-15)6-1-2-7-29-19(27)22-10-12-3-4-14-13(9-12)5-8-28-14/h3-5,8-9,11H,1-2,6-7,10H2,(H,22,27)(H2,21,24,25). The van der Waals surface area contributed by atoms with Crippen LogP contribution in [0.15, 0.2) is 41.3 Å². The number of carbonyl (C=O) groups excluding carboxylic acids is 1. The molecule has 0 unspecified atom stereocenters. The number of nitrogens with two attached hydrogens (primary N) is 1. The van der Waals surface area contributed by atoms with E-state index < -0.39 is 6.09 Å². The number of nitrogens with zero attached hydrogens (tertiary/aromatic N) is 4. The number of fused-ring (bicyclic) bond motifs is 2. The summed E-state index contributed by atoms with van der Waals surface area (Å²) in [6, 6.07) is 7.64. The predicted molar refractivity (Wildman–Crippen MR) is 108 cm³/mol. The van der Waals surface area contributed by atoms with Crippen molar-refractivity contribution in [2.24, 2.45) is 0 Å². The molecule has 0 aliphatic carbocycles. The number of furan rings is 1. The zero-order valence-electron chi connectivity index (χ0n) is 15.5. The molecule has 4 aromatic rings. The molecule has 1 amide bonds. The fourth-order valence-corrected chi connectivity index (χ4v) is 3.17. The lowest BCUT2D eigenvalue weighted by Gasteiger charge is -2.08. The van der Waals surface area contributed by atoms with Crippen LogP contribution in [-0.4, -0.2) is 32.2 Å². The van der Waals surface area contributed by atoms with Crippen LogP contribution in [0.3, 0.4) is 0 Å². The molecule has 0 bridgehead atoms. The number of rotatable bonds is 7. The average molecular weight is 415 g/mol. The summed E-state index contributed by atoms with van der Waals surface area (Å²) in [6.45, 7) is 1.36. The van der Waals surface area contributed by atoms with Gasteiger partial charge < -0.3 is 24.8 Å². The van der Waals surface area contributed by atoms with Crippen molar-refractivity contribution in [3.8, 4) is 0 Å². The molecule has 10 heteroatoms. The van der Waals surface area contributed by atoms with Gasteiger partial charge in [0.05, 0.1) is 19.2 Å². The summed E-state index contributed by atoms with van der Waals surface area (Å²) in [5.41, 5.74) is 8.70. The highest BCUT2D eigenvalue weighted by Crippen LogP contribution is 2.19. The molecule has 3 N–H and O–H groups in total. The Hall–Kier alpha value is -3.33. The molecule has 0 aliphatic rings. The average Bonchev–Trinajstić information content (AvgIpc) is 3.32. The first-order valence-corrected chi connectivity index (χ1v) is 9.48. The summed E-state index contributed by atoms with van der Waals surface area (Å²) in [5.74, 6) is 0.255. The fourth-order valence-electron chi connectivity index (χ4n) is 3.00. The summed E-state index contributed by atoms with van der Waals surface area (Å²) in [5, 5.41) is 3.83. The first kappa shape index (κ1) is 19.0. The van der Waals surface area contributed by atoms with Gasteiger partial charge in [-0.05, 0) is 48.2 Å². The van der Waals surface area contributed by atoms with Gasteiger partial charge in [0.15, 0.2) is 11.5 Å². The van der Waals surface area contributed by atoms with Crippen LogP contribution in [0.5, 0.6) is 0 Å². The Morgan fingerprint density at radius 1 is 1.28 bits per heavy atom. The minimum atomic E-state index is -0.447. The van der Waals surface area contributed by atoms with Gasteiger partial charge in [-0.2, -0.15) is 9.97 Å². The van der Waals surface area contributed by atoms with E-state index in [-0.39, 0.29) is 11.1 Å². The van der Waals surface area contributed by atoms with E-state index in [1.54, 1.807) is 12.6 Å². The summed E-state index contributed by atoms with van der Waals surface area (Å²) in [6.07, 6.45) is 4.31. The number of nitrogens with one attached hydrogen (secondary N) is 1. The second-order valence-corrected chi connectivity index (χ2v) is 6.82. The Kier molecular flexibility index (Phi) is 5.48. The SMILES string of the molecule is Nc1nc(Cl)nc2c1ncn2CCCCOC(=O)NCc1ccc2occc2c1. The van der Waals surface area contributed by atoms with Crippen LogP contribution in [0, 0.1) is 0 Å². The van der Waals surface area contributed by atoms with Crippen molar-refractivity contribution in [2.75, 3.05) is 12.3 Å². The van der Waals surface area contributed by atoms with Gasteiger partial charge in [0.2, 0.25) is 5.28 Å². The number of amides is 1. The first-order chi connectivity index (χ1) is 14.1. The van der Waals surface area contributed by atoms with E-state index in [0.717, 1.165) is 23.0 Å². The van der Waals surface area contributed by atoms with Crippen molar-refractivity contribution in [3.63, 3.8) is 0 Å². The maximum absolute atomic E-state index is 11.9. The number of imidazole rings is 1. The fraction of sp³-hybridized carbons (Fsp3) is 0.263. The normalized spacial score (nSPS) is 11.2. The second kappa shape index (κ2) is 8.36. The van der Waals surface area contributed by atoms with Crippen molar-refractivity contribution < 1.29 is 13.9 Å². The van der Waals surface area contributed by atoms with Crippen molar-refractivity contribution in [1.29, 1.82) is 0 Å². The molecule has 0 spiro atoms. The Morgan fingerprint density at radius 3 is 3.07 bits per heavy atom.